The molecule has 3 aromatic heterocycles. The van der Waals surface area contributed by atoms with Gasteiger partial charge in [-0.15, -0.1) is 20.4 Å². The smallest absolute Gasteiger partial charge is 0.313 e. The summed E-state index contributed by atoms with van der Waals surface area (Å²) in [5, 5.41) is 43.0. The van der Waals surface area contributed by atoms with E-state index in [-0.39, 0.29) is 5.75 Å². The molecule has 3 heterocycles. The van der Waals surface area contributed by atoms with Gasteiger partial charge in [-0.05, 0) is 52.2 Å². The second kappa shape index (κ2) is 16.3. The summed E-state index contributed by atoms with van der Waals surface area (Å²) in [6.45, 7) is 2.02. The highest BCUT2D eigenvalue weighted by molar-refractivity contribution is 7.99. The predicted molar refractivity (Wildman–Crippen MR) is 220 cm³/mol. The molecule has 0 radical (unpaired) electrons. The second-order valence-corrected chi connectivity index (χ2v) is 14.5. The van der Waals surface area contributed by atoms with Crippen molar-refractivity contribution in [2.75, 3.05) is 11.5 Å². The molecule has 13 heteroatoms. The molecule has 8 rings (SSSR count). The third-order valence-corrected chi connectivity index (χ3v) is 10.6. The number of benzene rings is 5. The van der Waals surface area contributed by atoms with Crippen molar-refractivity contribution < 1.29 is 9.90 Å². The standard InChI is InChI=1S/C42H33N9O2S2/c1-28-17-19-30(20-18-28)39-45-48-42(55-27-38(52)53)51(39)49-37(29-10-3-2-4-11-29)21-23-54-41-47-46-40(33-14-9-22-43-25-33)50(41)44-26-36-34-15-7-5-12-31(34)24-32-13-6-8-16-35(32)36/h2-20,22,24-26H,21,23,27H2,1H3,(H,52,53)/b44-26+,49-37+. The zero-order valence-corrected chi connectivity index (χ0v) is 31.2. The molecule has 0 bridgehead atoms. The van der Waals surface area contributed by atoms with Gasteiger partial charge in [0, 0.05) is 41.3 Å². The maximum Gasteiger partial charge on any atom is 0.313 e. The molecule has 0 aliphatic rings. The van der Waals surface area contributed by atoms with Crippen LogP contribution < -0.4 is 0 Å². The van der Waals surface area contributed by atoms with Crippen LogP contribution in [0.2, 0.25) is 0 Å². The van der Waals surface area contributed by atoms with Crippen LogP contribution in [0.5, 0.6) is 0 Å². The second-order valence-electron chi connectivity index (χ2n) is 12.5. The Morgan fingerprint density at radius 1 is 0.727 bits per heavy atom. The molecule has 1 N–H and O–H groups in total. The van der Waals surface area contributed by atoms with Gasteiger partial charge in [0.25, 0.3) is 0 Å². The number of aromatic nitrogens is 7. The van der Waals surface area contributed by atoms with E-state index in [1.807, 2.05) is 104 Å². The molecule has 11 nitrogen and oxygen atoms in total. The van der Waals surface area contributed by atoms with Crippen molar-refractivity contribution in [1.82, 2.24) is 34.7 Å². The summed E-state index contributed by atoms with van der Waals surface area (Å²) in [7, 11) is 0. The first-order chi connectivity index (χ1) is 27.0. The fraction of sp³-hybridized carbons (Fsp3) is 0.0952. The molecular formula is C42H33N9O2S2. The molecule has 0 atom stereocenters. The van der Waals surface area contributed by atoms with Crippen LogP contribution in [-0.4, -0.2) is 69.2 Å². The van der Waals surface area contributed by atoms with Crippen molar-refractivity contribution in [3.05, 3.63) is 150 Å². The van der Waals surface area contributed by atoms with Crippen molar-refractivity contribution in [3.63, 3.8) is 0 Å². The van der Waals surface area contributed by atoms with Crippen molar-refractivity contribution in [3.8, 4) is 22.8 Å². The molecule has 0 aliphatic heterocycles. The zero-order chi connectivity index (χ0) is 37.6. The van der Waals surface area contributed by atoms with Gasteiger partial charge in [-0.3, -0.25) is 9.78 Å². The normalized spacial score (nSPS) is 11.9. The van der Waals surface area contributed by atoms with Crippen molar-refractivity contribution in [1.29, 1.82) is 0 Å². The maximum absolute atomic E-state index is 11.5. The first-order valence-electron chi connectivity index (χ1n) is 17.5. The highest BCUT2D eigenvalue weighted by atomic mass is 32.2. The number of carboxylic acids is 1. The summed E-state index contributed by atoms with van der Waals surface area (Å²) in [5.74, 6) is 0.532. The number of pyridine rings is 1. The van der Waals surface area contributed by atoms with E-state index in [0.29, 0.717) is 34.1 Å². The minimum absolute atomic E-state index is 0.178. The van der Waals surface area contributed by atoms with E-state index in [0.717, 1.165) is 66.8 Å². The van der Waals surface area contributed by atoms with E-state index in [1.54, 1.807) is 21.7 Å². The zero-order valence-electron chi connectivity index (χ0n) is 29.6. The van der Waals surface area contributed by atoms with E-state index in [1.165, 1.54) is 11.8 Å². The number of aliphatic carboxylic acids is 1. The molecule has 0 saturated heterocycles. The molecule has 0 unspecified atom stereocenters. The lowest BCUT2D eigenvalue weighted by molar-refractivity contribution is -0.133. The van der Waals surface area contributed by atoms with Gasteiger partial charge >= 0.3 is 5.97 Å². The Balaban J connectivity index is 1.16. The Labute approximate surface area is 324 Å². The summed E-state index contributed by atoms with van der Waals surface area (Å²) >= 11 is 2.59. The molecule has 5 aromatic carbocycles. The summed E-state index contributed by atoms with van der Waals surface area (Å²) in [6.07, 6.45) is 5.89. The third-order valence-electron chi connectivity index (χ3n) is 8.79. The molecular weight excluding hydrogens is 727 g/mol. The molecule has 0 amide bonds. The molecule has 0 spiro atoms. The van der Waals surface area contributed by atoms with Crippen LogP contribution in [0, 0.1) is 6.92 Å². The first kappa shape index (κ1) is 35.6. The lowest BCUT2D eigenvalue weighted by atomic mass is 9.97. The number of carbonyl (C=O) groups is 1. The summed E-state index contributed by atoms with van der Waals surface area (Å²) < 4.78 is 3.42. The SMILES string of the molecule is Cc1ccc(-c2nnc(SCC(=O)O)n2/N=C(\CCSc2nnc(-c3cccnc3)n2/N=C/c2c3ccccc3cc3ccccc23)c2ccccc2)cc1. The average Bonchev–Trinajstić information content (AvgIpc) is 3.82. The number of aryl methyl sites for hydroxylation is 1. The minimum Gasteiger partial charge on any atom is -0.481 e. The Kier molecular flexibility index (Phi) is 10.5. The fourth-order valence-electron chi connectivity index (χ4n) is 6.13. The Morgan fingerprint density at radius 2 is 1.38 bits per heavy atom. The van der Waals surface area contributed by atoms with E-state index in [4.69, 9.17) is 10.2 Å². The van der Waals surface area contributed by atoms with Crippen LogP contribution >= 0.6 is 23.5 Å². The lowest BCUT2D eigenvalue weighted by Gasteiger charge is -2.11. The van der Waals surface area contributed by atoms with Crippen molar-refractivity contribution >= 4 is 63.0 Å². The van der Waals surface area contributed by atoms with Crippen LogP contribution in [0.25, 0.3) is 44.3 Å². The van der Waals surface area contributed by atoms with Gasteiger partial charge in [-0.2, -0.15) is 19.6 Å². The summed E-state index contributed by atoms with van der Waals surface area (Å²) in [5.41, 5.74) is 5.40. The fourth-order valence-corrected chi connectivity index (χ4v) is 7.57. The van der Waals surface area contributed by atoms with E-state index in [2.05, 4.69) is 55.7 Å². The maximum atomic E-state index is 11.5. The van der Waals surface area contributed by atoms with Gasteiger partial charge in [-0.1, -0.05) is 132 Å². The molecule has 0 aliphatic carbocycles. The number of hydrogen-bond donors (Lipinski definition) is 1. The van der Waals surface area contributed by atoms with Gasteiger partial charge in [0.15, 0.2) is 11.6 Å². The van der Waals surface area contributed by atoms with Crippen LogP contribution in [-0.2, 0) is 4.79 Å². The minimum atomic E-state index is -0.953. The van der Waals surface area contributed by atoms with E-state index in [9.17, 15) is 9.90 Å². The number of thioether (sulfide) groups is 2. The van der Waals surface area contributed by atoms with Gasteiger partial charge < -0.3 is 5.11 Å². The number of rotatable bonds is 13. The molecule has 0 fully saturated rings. The third kappa shape index (κ3) is 7.93. The Morgan fingerprint density at radius 3 is 2.05 bits per heavy atom. The summed E-state index contributed by atoms with van der Waals surface area (Å²) in [6, 6.07) is 40.5. The molecule has 0 saturated carbocycles. The van der Waals surface area contributed by atoms with Crippen LogP contribution in [0.4, 0.5) is 0 Å². The predicted octanol–water partition coefficient (Wildman–Crippen LogP) is 8.71. The summed E-state index contributed by atoms with van der Waals surface area (Å²) in [4.78, 5) is 15.9. The Hall–Kier alpha value is -6.44. The highest BCUT2D eigenvalue weighted by Crippen LogP contribution is 2.30. The lowest BCUT2D eigenvalue weighted by Crippen LogP contribution is -2.09. The van der Waals surface area contributed by atoms with Gasteiger partial charge in [0.05, 0.1) is 17.7 Å². The van der Waals surface area contributed by atoms with Crippen molar-refractivity contribution in [2.45, 2.75) is 23.7 Å². The monoisotopic (exact) mass is 759 g/mol. The van der Waals surface area contributed by atoms with Gasteiger partial charge in [-0.25, -0.2) is 0 Å². The van der Waals surface area contributed by atoms with Crippen LogP contribution in [0.1, 0.15) is 23.1 Å². The number of fused-ring (bicyclic) bond motifs is 2. The molecule has 8 aromatic rings. The average molecular weight is 760 g/mol. The van der Waals surface area contributed by atoms with E-state index < -0.39 is 5.97 Å². The quantitative estimate of drug-likeness (QED) is 0.0696. The van der Waals surface area contributed by atoms with Gasteiger partial charge in [0.2, 0.25) is 10.3 Å². The first-order valence-corrected chi connectivity index (χ1v) is 19.4. The van der Waals surface area contributed by atoms with E-state index >= 15 is 0 Å². The Bertz CT molecular complexity index is 2620. The number of nitrogens with zero attached hydrogens (tertiary/aromatic N) is 9. The largest absolute Gasteiger partial charge is 0.481 e. The van der Waals surface area contributed by atoms with Crippen molar-refractivity contribution in [2.24, 2.45) is 10.2 Å². The number of carboxylic acid groups (broad SMARTS) is 1. The number of hydrogen-bond acceptors (Lipinski definition) is 10. The van der Waals surface area contributed by atoms with Crippen LogP contribution in [0.3, 0.4) is 0 Å². The topological polar surface area (TPSA) is 136 Å². The molecule has 270 valence electrons. The molecule has 55 heavy (non-hydrogen) atoms. The highest BCUT2D eigenvalue weighted by Gasteiger charge is 2.19. The van der Waals surface area contributed by atoms with Crippen LogP contribution in [0.15, 0.2) is 154 Å². The van der Waals surface area contributed by atoms with Gasteiger partial charge in [0.1, 0.15) is 0 Å².